The summed E-state index contributed by atoms with van der Waals surface area (Å²) in [6.45, 7) is 7.10. The van der Waals surface area contributed by atoms with Gasteiger partial charge in [0.15, 0.2) is 0 Å². The number of carbonyl (C=O) groups is 2. The van der Waals surface area contributed by atoms with E-state index in [1.54, 1.807) is 32.2 Å². The third-order valence-electron chi connectivity index (χ3n) is 2.76. The summed E-state index contributed by atoms with van der Waals surface area (Å²) in [6.07, 6.45) is 7.48. The number of carbonyl (C=O) groups excluding carboxylic acids is 2. The monoisotopic (exact) mass is 344 g/mol. The number of anilines is 1. The lowest BCUT2D eigenvalue weighted by molar-refractivity contribution is -0.137. The SMILES string of the molecule is C=NC(=N/C(=C\C)C(=O)OC)Nc1cncc(/C=C/C(=O)OCC)c1. The van der Waals surface area contributed by atoms with Gasteiger partial charge in [-0.15, -0.1) is 0 Å². The standard InChI is InChI=1S/C17H20N4O4/c1-5-14(16(23)24-4)21-17(18-3)20-13-9-12(10-19-11-13)7-8-15(22)25-6-2/h5,7-11H,3,6H2,1-2,4H3,(H,20,21)/b8-7+,14-5-. The third kappa shape index (κ3) is 6.78. The van der Waals surface area contributed by atoms with Crippen molar-refractivity contribution in [3.63, 3.8) is 0 Å². The van der Waals surface area contributed by atoms with Crippen molar-refractivity contribution in [1.29, 1.82) is 0 Å². The molecule has 0 saturated heterocycles. The molecule has 0 atom stereocenters. The molecule has 132 valence electrons. The Labute approximate surface area is 146 Å². The van der Waals surface area contributed by atoms with Crippen LogP contribution in [0.3, 0.4) is 0 Å². The first-order chi connectivity index (χ1) is 12.0. The largest absolute Gasteiger partial charge is 0.464 e. The summed E-state index contributed by atoms with van der Waals surface area (Å²) in [5, 5.41) is 2.89. The molecule has 0 aliphatic heterocycles. The smallest absolute Gasteiger partial charge is 0.356 e. The number of esters is 2. The van der Waals surface area contributed by atoms with E-state index >= 15 is 0 Å². The molecule has 1 aromatic heterocycles. The number of rotatable bonds is 6. The highest BCUT2D eigenvalue weighted by Gasteiger charge is 2.09. The number of methoxy groups -OCH3 is 1. The van der Waals surface area contributed by atoms with E-state index in [9.17, 15) is 9.59 Å². The second kappa shape index (κ2) is 10.5. The molecule has 0 radical (unpaired) electrons. The summed E-state index contributed by atoms with van der Waals surface area (Å²) in [5.41, 5.74) is 1.31. The maximum absolute atomic E-state index is 11.6. The zero-order chi connectivity index (χ0) is 18.7. The van der Waals surface area contributed by atoms with Crippen molar-refractivity contribution in [2.45, 2.75) is 13.8 Å². The van der Waals surface area contributed by atoms with Gasteiger partial charge >= 0.3 is 11.9 Å². The van der Waals surface area contributed by atoms with Crippen LogP contribution < -0.4 is 5.32 Å². The summed E-state index contributed by atoms with van der Waals surface area (Å²) in [7, 11) is 1.26. The number of hydrogen-bond donors (Lipinski definition) is 1. The Morgan fingerprint density at radius 3 is 2.76 bits per heavy atom. The highest BCUT2D eigenvalue weighted by molar-refractivity contribution is 6.00. The number of guanidine groups is 1. The van der Waals surface area contributed by atoms with E-state index < -0.39 is 11.9 Å². The van der Waals surface area contributed by atoms with Crippen LogP contribution in [-0.4, -0.2) is 43.3 Å². The van der Waals surface area contributed by atoms with Gasteiger partial charge in [-0.05, 0) is 38.3 Å². The van der Waals surface area contributed by atoms with Gasteiger partial charge < -0.3 is 14.8 Å². The Morgan fingerprint density at radius 2 is 2.16 bits per heavy atom. The predicted molar refractivity (Wildman–Crippen MR) is 96.3 cm³/mol. The molecule has 0 amide bonds. The molecule has 1 rings (SSSR count). The van der Waals surface area contributed by atoms with Crippen LogP contribution >= 0.6 is 0 Å². The van der Waals surface area contributed by atoms with E-state index in [0.717, 1.165) is 0 Å². The van der Waals surface area contributed by atoms with Crippen LogP contribution in [0.2, 0.25) is 0 Å². The molecule has 0 spiro atoms. The van der Waals surface area contributed by atoms with Crippen LogP contribution in [0, 0.1) is 0 Å². The lowest BCUT2D eigenvalue weighted by Gasteiger charge is -2.06. The van der Waals surface area contributed by atoms with Crippen molar-refractivity contribution < 1.29 is 19.1 Å². The van der Waals surface area contributed by atoms with E-state index in [-0.39, 0.29) is 11.7 Å². The average Bonchev–Trinajstić information content (AvgIpc) is 2.63. The summed E-state index contributed by atoms with van der Waals surface area (Å²) in [4.78, 5) is 34.7. The van der Waals surface area contributed by atoms with E-state index in [1.165, 1.54) is 25.5 Å². The van der Waals surface area contributed by atoms with E-state index in [1.807, 2.05) is 0 Å². The van der Waals surface area contributed by atoms with Crippen molar-refractivity contribution in [3.05, 3.63) is 41.9 Å². The highest BCUT2D eigenvalue weighted by Crippen LogP contribution is 2.11. The summed E-state index contributed by atoms with van der Waals surface area (Å²) in [6, 6.07) is 1.72. The molecular weight excluding hydrogens is 324 g/mol. The van der Waals surface area contributed by atoms with Gasteiger partial charge in [-0.3, -0.25) is 4.98 Å². The fraction of sp³-hybridized carbons (Fsp3) is 0.235. The second-order valence-corrected chi connectivity index (χ2v) is 4.48. The molecule has 0 bridgehead atoms. The number of ether oxygens (including phenoxy) is 2. The number of hydrogen-bond acceptors (Lipinski definition) is 6. The highest BCUT2D eigenvalue weighted by atomic mass is 16.5. The third-order valence-corrected chi connectivity index (χ3v) is 2.76. The lowest BCUT2D eigenvalue weighted by atomic mass is 10.2. The van der Waals surface area contributed by atoms with Crippen molar-refractivity contribution in [2.24, 2.45) is 9.98 Å². The first kappa shape index (κ1) is 19.8. The van der Waals surface area contributed by atoms with Gasteiger partial charge in [-0.25, -0.2) is 19.6 Å². The molecule has 0 unspecified atom stereocenters. The Bertz CT molecular complexity index is 723. The Morgan fingerprint density at radius 1 is 1.40 bits per heavy atom. The molecule has 1 N–H and O–H groups in total. The van der Waals surface area contributed by atoms with E-state index in [4.69, 9.17) is 4.74 Å². The molecule has 8 nitrogen and oxygen atoms in total. The van der Waals surface area contributed by atoms with Gasteiger partial charge in [0.05, 0.1) is 25.6 Å². The van der Waals surface area contributed by atoms with Crippen LogP contribution in [0.25, 0.3) is 6.08 Å². The molecule has 0 aliphatic rings. The minimum Gasteiger partial charge on any atom is -0.464 e. The first-order valence-electron chi connectivity index (χ1n) is 7.41. The Kier molecular flexibility index (Phi) is 8.28. The molecule has 0 aliphatic carbocycles. The van der Waals surface area contributed by atoms with Crippen molar-refractivity contribution >= 4 is 36.4 Å². The topological polar surface area (TPSA) is 102 Å². The second-order valence-electron chi connectivity index (χ2n) is 4.48. The molecule has 25 heavy (non-hydrogen) atoms. The Balaban J connectivity index is 2.94. The van der Waals surface area contributed by atoms with E-state index in [0.29, 0.717) is 17.9 Å². The summed E-state index contributed by atoms with van der Waals surface area (Å²) < 4.78 is 9.43. The zero-order valence-electron chi connectivity index (χ0n) is 14.4. The van der Waals surface area contributed by atoms with Gasteiger partial charge in [0.25, 0.3) is 0 Å². The van der Waals surface area contributed by atoms with Crippen LogP contribution in [0.5, 0.6) is 0 Å². The molecular formula is C17H20N4O4. The normalized spacial score (nSPS) is 12.0. The molecule has 1 aromatic rings. The minimum absolute atomic E-state index is 0.0868. The number of nitrogens with zero attached hydrogens (tertiary/aromatic N) is 3. The van der Waals surface area contributed by atoms with Crippen LogP contribution in [0.1, 0.15) is 19.4 Å². The van der Waals surface area contributed by atoms with E-state index in [2.05, 4.69) is 31.7 Å². The van der Waals surface area contributed by atoms with Crippen molar-refractivity contribution in [3.8, 4) is 0 Å². The maximum Gasteiger partial charge on any atom is 0.356 e. The zero-order valence-corrected chi connectivity index (χ0v) is 14.4. The van der Waals surface area contributed by atoms with Crippen molar-refractivity contribution in [1.82, 2.24) is 4.98 Å². The molecule has 0 fully saturated rings. The first-order valence-corrected chi connectivity index (χ1v) is 7.41. The van der Waals surface area contributed by atoms with Crippen LogP contribution in [0.4, 0.5) is 5.69 Å². The molecule has 0 aromatic carbocycles. The minimum atomic E-state index is -0.588. The van der Waals surface area contributed by atoms with Gasteiger partial charge in [-0.1, -0.05) is 6.08 Å². The number of allylic oxidation sites excluding steroid dienone is 1. The predicted octanol–water partition coefficient (Wildman–Crippen LogP) is 2.20. The number of aromatic nitrogens is 1. The molecule has 0 saturated carbocycles. The fourth-order valence-corrected chi connectivity index (χ4v) is 1.65. The maximum atomic E-state index is 11.6. The van der Waals surface area contributed by atoms with Crippen LogP contribution in [-0.2, 0) is 19.1 Å². The van der Waals surface area contributed by atoms with Crippen molar-refractivity contribution in [2.75, 3.05) is 19.0 Å². The summed E-state index contributed by atoms with van der Waals surface area (Å²) in [5.74, 6) is -0.923. The molecule has 8 heteroatoms. The van der Waals surface area contributed by atoms with Gasteiger partial charge in [0.2, 0.25) is 5.96 Å². The Hall–Kier alpha value is -3.29. The quantitative estimate of drug-likeness (QED) is 0.367. The van der Waals surface area contributed by atoms with Gasteiger partial charge in [0, 0.05) is 12.3 Å². The summed E-state index contributed by atoms with van der Waals surface area (Å²) >= 11 is 0. The number of aliphatic imine (C=N–C) groups is 2. The number of pyridine rings is 1. The molecule has 1 heterocycles. The number of nitrogens with one attached hydrogen (secondary N) is 1. The average molecular weight is 344 g/mol. The van der Waals surface area contributed by atoms with Gasteiger partial charge in [-0.2, -0.15) is 0 Å². The lowest BCUT2D eigenvalue weighted by Crippen LogP contribution is -2.12. The fourth-order valence-electron chi connectivity index (χ4n) is 1.65. The van der Waals surface area contributed by atoms with Crippen LogP contribution in [0.15, 0.2) is 46.3 Å². The van der Waals surface area contributed by atoms with Gasteiger partial charge in [0.1, 0.15) is 5.70 Å².